The molecule has 0 amide bonds. The first-order valence-corrected chi connectivity index (χ1v) is 6.83. The molecule has 0 aliphatic heterocycles. The largest absolute Gasteiger partial charge is 0.394 e. The zero-order valence-corrected chi connectivity index (χ0v) is 12.0. The van der Waals surface area contributed by atoms with E-state index in [0.717, 1.165) is 0 Å². The van der Waals surface area contributed by atoms with Gasteiger partial charge in [-0.3, -0.25) is 10.1 Å². The maximum absolute atomic E-state index is 10.9. The van der Waals surface area contributed by atoms with E-state index >= 15 is 0 Å². The molecule has 0 saturated carbocycles. The van der Waals surface area contributed by atoms with Gasteiger partial charge < -0.3 is 10.4 Å². The molecule has 1 heterocycles. The average molecular weight is 290 g/mol. The molecule has 1 aromatic carbocycles. The number of rotatable bonds is 6. The molecule has 0 atom stereocenters. The van der Waals surface area contributed by atoms with E-state index < -0.39 is 10.5 Å². The number of benzene rings is 1. The third-order valence-electron chi connectivity index (χ3n) is 3.87. The Kier molecular flexibility index (Phi) is 4.32. The van der Waals surface area contributed by atoms with Crippen molar-refractivity contribution in [2.45, 2.75) is 32.2 Å². The summed E-state index contributed by atoms with van der Waals surface area (Å²) in [6.45, 7) is 3.90. The van der Waals surface area contributed by atoms with Crippen molar-refractivity contribution >= 4 is 22.4 Å². The quantitative estimate of drug-likeness (QED) is 0.626. The molecule has 0 fully saturated rings. The van der Waals surface area contributed by atoms with E-state index in [1.54, 1.807) is 6.07 Å². The molecule has 0 aliphatic rings. The summed E-state index contributed by atoms with van der Waals surface area (Å²) in [5.41, 5.74) is 0.117. The van der Waals surface area contributed by atoms with Gasteiger partial charge in [-0.15, -0.1) is 0 Å². The van der Waals surface area contributed by atoms with Crippen LogP contribution in [-0.2, 0) is 0 Å². The third kappa shape index (κ3) is 2.92. The summed E-state index contributed by atoms with van der Waals surface area (Å²) in [4.78, 5) is 18.8. The third-order valence-corrected chi connectivity index (χ3v) is 3.87. The van der Waals surface area contributed by atoms with E-state index in [2.05, 4.69) is 15.3 Å². The molecule has 0 spiro atoms. The molecule has 0 bridgehead atoms. The molecular formula is C14H18N4O3. The van der Waals surface area contributed by atoms with Crippen LogP contribution in [-0.4, -0.2) is 32.1 Å². The van der Waals surface area contributed by atoms with Gasteiger partial charge in [-0.05, 0) is 18.9 Å². The minimum atomic E-state index is -0.494. The normalized spacial score (nSPS) is 11.6. The molecule has 2 N–H and O–H groups in total. The number of hydrogen-bond acceptors (Lipinski definition) is 6. The van der Waals surface area contributed by atoms with Crippen molar-refractivity contribution in [2.24, 2.45) is 0 Å². The van der Waals surface area contributed by atoms with Crippen molar-refractivity contribution in [2.75, 3.05) is 11.9 Å². The topological polar surface area (TPSA) is 101 Å². The molecule has 2 aromatic rings. The molecule has 7 heteroatoms. The second-order valence-electron chi connectivity index (χ2n) is 4.95. The van der Waals surface area contributed by atoms with Crippen LogP contribution in [0.15, 0.2) is 24.5 Å². The predicted molar refractivity (Wildman–Crippen MR) is 80.2 cm³/mol. The summed E-state index contributed by atoms with van der Waals surface area (Å²) >= 11 is 0. The lowest BCUT2D eigenvalue weighted by Crippen LogP contribution is -2.41. The Hall–Kier alpha value is -2.28. The van der Waals surface area contributed by atoms with Crippen LogP contribution in [0.1, 0.15) is 26.7 Å². The van der Waals surface area contributed by atoms with Crippen molar-refractivity contribution in [3.63, 3.8) is 0 Å². The lowest BCUT2D eigenvalue weighted by molar-refractivity contribution is -0.384. The maximum atomic E-state index is 10.9. The van der Waals surface area contributed by atoms with Gasteiger partial charge in [0, 0.05) is 17.5 Å². The zero-order valence-electron chi connectivity index (χ0n) is 12.0. The Morgan fingerprint density at radius 1 is 1.33 bits per heavy atom. The molecule has 2 rings (SSSR count). The molecule has 0 saturated heterocycles. The van der Waals surface area contributed by atoms with Crippen LogP contribution in [0, 0.1) is 10.1 Å². The van der Waals surface area contributed by atoms with E-state index in [1.165, 1.54) is 18.5 Å². The SMILES string of the molecule is CCC(CC)(CO)Nc1ncnc2ccc([N+](=O)[O-])cc12. The molecule has 0 aliphatic carbocycles. The molecule has 0 unspecified atom stereocenters. The number of aromatic nitrogens is 2. The summed E-state index contributed by atoms with van der Waals surface area (Å²) in [5.74, 6) is 0.501. The Morgan fingerprint density at radius 3 is 2.62 bits per heavy atom. The molecule has 112 valence electrons. The fourth-order valence-electron chi connectivity index (χ4n) is 2.20. The number of non-ortho nitro benzene ring substituents is 1. The van der Waals surface area contributed by atoms with E-state index in [-0.39, 0.29) is 12.3 Å². The van der Waals surface area contributed by atoms with E-state index in [4.69, 9.17) is 0 Å². The van der Waals surface area contributed by atoms with Crippen LogP contribution in [0.3, 0.4) is 0 Å². The lowest BCUT2D eigenvalue weighted by Gasteiger charge is -2.31. The lowest BCUT2D eigenvalue weighted by atomic mass is 9.93. The summed E-state index contributed by atoms with van der Waals surface area (Å²) in [6.07, 6.45) is 2.82. The molecule has 7 nitrogen and oxygen atoms in total. The Balaban J connectivity index is 2.52. The highest BCUT2D eigenvalue weighted by molar-refractivity contribution is 5.90. The number of aliphatic hydroxyl groups is 1. The highest BCUT2D eigenvalue weighted by Crippen LogP contribution is 2.28. The van der Waals surface area contributed by atoms with Gasteiger partial charge in [-0.2, -0.15) is 0 Å². The number of nitro benzene ring substituents is 1. The molecule has 0 radical (unpaired) electrons. The van der Waals surface area contributed by atoms with Gasteiger partial charge in [0.25, 0.3) is 5.69 Å². The average Bonchev–Trinajstić information content (AvgIpc) is 2.52. The minimum absolute atomic E-state index is 0.0112. The fraction of sp³-hybridized carbons (Fsp3) is 0.429. The number of nitrogens with zero attached hydrogens (tertiary/aromatic N) is 3. The molecule has 21 heavy (non-hydrogen) atoms. The van der Waals surface area contributed by atoms with E-state index in [0.29, 0.717) is 29.6 Å². The van der Waals surface area contributed by atoms with Gasteiger partial charge in [0.1, 0.15) is 12.1 Å². The number of anilines is 1. The van der Waals surface area contributed by atoms with E-state index in [9.17, 15) is 15.2 Å². The summed E-state index contributed by atoms with van der Waals surface area (Å²) in [7, 11) is 0. The minimum Gasteiger partial charge on any atom is -0.394 e. The van der Waals surface area contributed by atoms with Gasteiger partial charge in [0.05, 0.1) is 22.6 Å². The number of aliphatic hydroxyl groups excluding tert-OH is 1. The van der Waals surface area contributed by atoms with Crippen LogP contribution in [0.5, 0.6) is 0 Å². The number of fused-ring (bicyclic) bond motifs is 1. The van der Waals surface area contributed by atoms with Crippen LogP contribution in [0.2, 0.25) is 0 Å². The van der Waals surface area contributed by atoms with Crippen LogP contribution < -0.4 is 5.32 Å². The summed E-state index contributed by atoms with van der Waals surface area (Å²) in [6, 6.07) is 4.46. The van der Waals surface area contributed by atoms with Crippen molar-refractivity contribution in [1.82, 2.24) is 9.97 Å². The van der Waals surface area contributed by atoms with Gasteiger partial charge in [-0.25, -0.2) is 9.97 Å². The fourth-order valence-corrected chi connectivity index (χ4v) is 2.20. The van der Waals surface area contributed by atoms with E-state index in [1.807, 2.05) is 13.8 Å². The second kappa shape index (κ2) is 6.01. The standard InChI is InChI=1S/C14H18N4O3/c1-3-14(4-2,8-19)17-13-11-7-10(18(20)21)5-6-12(11)15-9-16-13/h5-7,9,19H,3-4,8H2,1-2H3,(H,15,16,17). The van der Waals surface area contributed by atoms with Crippen molar-refractivity contribution in [3.8, 4) is 0 Å². The summed E-state index contributed by atoms with van der Waals surface area (Å²) < 4.78 is 0. The van der Waals surface area contributed by atoms with Gasteiger partial charge in [0.15, 0.2) is 0 Å². The monoisotopic (exact) mass is 290 g/mol. The van der Waals surface area contributed by atoms with Gasteiger partial charge in [-0.1, -0.05) is 13.8 Å². The number of nitrogens with one attached hydrogen (secondary N) is 1. The van der Waals surface area contributed by atoms with Crippen LogP contribution in [0.4, 0.5) is 11.5 Å². The Morgan fingerprint density at radius 2 is 2.05 bits per heavy atom. The highest BCUT2D eigenvalue weighted by atomic mass is 16.6. The smallest absolute Gasteiger partial charge is 0.270 e. The number of nitro groups is 1. The Labute approximate surface area is 122 Å². The van der Waals surface area contributed by atoms with Gasteiger partial charge >= 0.3 is 0 Å². The van der Waals surface area contributed by atoms with Crippen molar-refractivity contribution in [1.29, 1.82) is 0 Å². The van der Waals surface area contributed by atoms with Crippen molar-refractivity contribution < 1.29 is 10.0 Å². The van der Waals surface area contributed by atoms with Crippen LogP contribution >= 0.6 is 0 Å². The van der Waals surface area contributed by atoms with Crippen LogP contribution in [0.25, 0.3) is 10.9 Å². The zero-order chi connectivity index (χ0) is 15.5. The van der Waals surface area contributed by atoms with Crippen molar-refractivity contribution in [3.05, 3.63) is 34.6 Å². The summed E-state index contributed by atoms with van der Waals surface area (Å²) in [5, 5.41) is 24.4. The predicted octanol–water partition coefficient (Wildman–Crippen LogP) is 2.50. The highest BCUT2D eigenvalue weighted by Gasteiger charge is 2.26. The first-order valence-electron chi connectivity index (χ1n) is 6.83. The second-order valence-corrected chi connectivity index (χ2v) is 4.95. The first-order chi connectivity index (χ1) is 10.0. The number of hydrogen-bond donors (Lipinski definition) is 2. The first kappa shape index (κ1) is 15.1. The maximum Gasteiger partial charge on any atom is 0.270 e. The van der Waals surface area contributed by atoms with Gasteiger partial charge in [0.2, 0.25) is 0 Å². The molecular weight excluding hydrogens is 272 g/mol. The molecule has 1 aromatic heterocycles. The Bertz CT molecular complexity index is 647.